The number of unbranched alkanes of at least 4 members (excludes halogenated alkanes) is 2. The van der Waals surface area contributed by atoms with E-state index in [9.17, 15) is 0 Å². The number of para-hydroxylation sites is 1. The van der Waals surface area contributed by atoms with E-state index >= 15 is 0 Å². The minimum absolute atomic E-state index is 0.192. The molecule has 3 N–H and O–H groups in total. The van der Waals surface area contributed by atoms with Crippen molar-refractivity contribution in [1.82, 2.24) is 4.98 Å². The molecular weight excluding hydrogens is 352 g/mol. The van der Waals surface area contributed by atoms with Gasteiger partial charge in [0.2, 0.25) is 0 Å². The smallest absolute Gasteiger partial charge is 0.163 e. The molecule has 5 heteroatoms. The van der Waals surface area contributed by atoms with E-state index in [-0.39, 0.29) is 12.6 Å². The van der Waals surface area contributed by atoms with Gasteiger partial charge in [0.1, 0.15) is 0 Å². The molecule has 1 aromatic carbocycles. The molecule has 28 heavy (non-hydrogen) atoms. The van der Waals surface area contributed by atoms with Crippen molar-refractivity contribution < 1.29 is 14.2 Å². The summed E-state index contributed by atoms with van der Waals surface area (Å²) in [5.41, 5.74) is 8.01. The fraction of sp³-hybridized carbons (Fsp3) is 0.652. The molecule has 2 heterocycles. The number of nitrogens with two attached hydrogens (primary N) is 1. The molecule has 1 aliphatic heterocycles. The van der Waals surface area contributed by atoms with Crippen molar-refractivity contribution in [3.8, 4) is 0 Å². The van der Waals surface area contributed by atoms with Gasteiger partial charge in [-0.15, -0.1) is 0 Å². The van der Waals surface area contributed by atoms with Crippen LogP contribution < -0.4 is 5.73 Å². The highest BCUT2D eigenvalue weighted by molar-refractivity contribution is 5.82. The summed E-state index contributed by atoms with van der Waals surface area (Å²) in [7, 11) is 0. The Kier molecular flexibility index (Phi) is 7.91. The molecule has 3 rings (SSSR count). The number of hydrogen-bond donors (Lipinski definition) is 2. The lowest BCUT2D eigenvalue weighted by atomic mass is 9.82. The quantitative estimate of drug-likeness (QED) is 0.590. The van der Waals surface area contributed by atoms with Crippen molar-refractivity contribution in [1.29, 1.82) is 0 Å². The zero-order chi connectivity index (χ0) is 19.9. The second-order valence-electron chi connectivity index (χ2n) is 8.15. The maximum absolute atomic E-state index is 6.22. The molecule has 2 aromatic rings. The van der Waals surface area contributed by atoms with Crippen LogP contribution in [0.4, 0.5) is 0 Å². The van der Waals surface area contributed by atoms with Crippen molar-refractivity contribution in [2.45, 2.75) is 59.0 Å². The molecule has 0 bridgehead atoms. The van der Waals surface area contributed by atoms with Crippen molar-refractivity contribution in [3.05, 3.63) is 36.0 Å². The molecule has 1 aromatic heterocycles. The normalized spacial score (nSPS) is 28.1. The molecule has 1 aliphatic rings. The molecule has 2 unspecified atom stereocenters. The monoisotopic (exact) mass is 388 g/mol. The summed E-state index contributed by atoms with van der Waals surface area (Å²) >= 11 is 0. The Hall–Kier alpha value is -1.40. The van der Waals surface area contributed by atoms with E-state index in [2.05, 4.69) is 56.2 Å². The molecule has 0 amide bonds. The van der Waals surface area contributed by atoms with E-state index in [0.717, 1.165) is 38.8 Å². The fourth-order valence-electron chi connectivity index (χ4n) is 3.98. The standard InChI is InChI=1S/C23H36N2O3/c1-16-17(2)22(26-13-8-4-7-12-24)28-23(18(16)3)27-14-11-19-15-25-21-10-6-5-9-20(19)21/h5-6,9-10,15-18,22-23,25H,4,7-8,11-14,24H2,1-3H3/t16-,17-,18+,22?,23?/m0/s1. The van der Waals surface area contributed by atoms with Gasteiger partial charge in [-0.25, -0.2) is 0 Å². The van der Waals surface area contributed by atoms with Crippen molar-refractivity contribution in [2.75, 3.05) is 19.8 Å². The SMILES string of the molecule is C[C@H]1[C@H](C)C(OCCCCCN)OC(OCCc2c[nH]c3ccccc23)[C@@H]1C. The number of aromatic nitrogens is 1. The van der Waals surface area contributed by atoms with Gasteiger partial charge in [-0.3, -0.25) is 0 Å². The van der Waals surface area contributed by atoms with E-state index < -0.39 is 0 Å². The number of ether oxygens (including phenoxy) is 3. The molecule has 0 radical (unpaired) electrons. The van der Waals surface area contributed by atoms with E-state index in [1.807, 2.05) is 0 Å². The summed E-state index contributed by atoms with van der Waals surface area (Å²) in [6, 6.07) is 8.38. The van der Waals surface area contributed by atoms with Gasteiger partial charge in [-0.05, 0) is 49.8 Å². The highest BCUT2D eigenvalue weighted by atomic mass is 16.8. The summed E-state index contributed by atoms with van der Waals surface area (Å²) in [6.45, 7) is 8.82. The Labute approximate surface area is 168 Å². The molecule has 0 aliphatic carbocycles. The number of hydrogen-bond acceptors (Lipinski definition) is 4. The predicted octanol–water partition coefficient (Wildman–Crippen LogP) is 4.46. The van der Waals surface area contributed by atoms with Gasteiger partial charge in [0.05, 0.1) is 6.61 Å². The number of H-pyrrole nitrogens is 1. The molecular formula is C23H36N2O3. The average Bonchev–Trinajstić information content (AvgIpc) is 3.12. The molecule has 1 fully saturated rings. The number of aromatic amines is 1. The van der Waals surface area contributed by atoms with Gasteiger partial charge < -0.3 is 24.9 Å². The van der Waals surface area contributed by atoms with Crippen LogP contribution in [-0.2, 0) is 20.6 Å². The van der Waals surface area contributed by atoms with Crippen LogP contribution in [0.5, 0.6) is 0 Å². The van der Waals surface area contributed by atoms with Crippen LogP contribution in [0.15, 0.2) is 30.5 Å². The number of rotatable bonds is 10. The molecule has 5 atom stereocenters. The number of nitrogens with one attached hydrogen (secondary N) is 1. The Morgan fingerprint density at radius 2 is 1.64 bits per heavy atom. The highest BCUT2D eigenvalue weighted by Crippen LogP contribution is 2.36. The number of benzene rings is 1. The first-order valence-electron chi connectivity index (χ1n) is 10.8. The minimum atomic E-state index is -0.217. The highest BCUT2D eigenvalue weighted by Gasteiger charge is 2.40. The summed E-state index contributed by atoms with van der Waals surface area (Å²) in [6.07, 6.45) is 5.72. The Balaban J connectivity index is 1.50. The third-order valence-electron chi connectivity index (χ3n) is 6.24. The van der Waals surface area contributed by atoms with Crippen molar-refractivity contribution >= 4 is 10.9 Å². The van der Waals surface area contributed by atoms with Crippen LogP contribution in [0.25, 0.3) is 10.9 Å². The average molecular weight is 389 g/mol. The molecule has 1 saturated heterocycles. The van der Waals surface area contributed by atoms with Gasteiger partial charge in [0.15, 0.2) is 12.6 Å². The second kappa shape index (κ2) is 10.4. The maximum Gasteiger partial charge on any atom is 0.163 e. The van der Waals surface area contributed by atoms with Crippen LogP contribution in [0.1, 0.15) is 45.6 Å². The van der Waals surface area contributed by atoms with Crippen LogP contribution in [-0.4, -0.2) is 37.3 Å². The summed E-state index contributed by atoms with van der Waals surface area (Å²) in [5, 5.41) is 1.27. The Morgan fingerprint density at radius 3 is 2.39 bits per heavy atom. The van der Waals surface area contributed by atoms with E-state index in [0.29, 0.717) is 24.4 Å². The van der Waals surface area contributed by atoms with Gasteiger partial charge >= 0.3 is 0 Å². The minimum Gasteiger partial charge on any atom is -0.361 e. The lowest BCUT2D eigenvalue weighted by Gasteiger charge is -2.43. The molecule has 0 spiro atoms. The summed E-state index contributed by atoms with van der Waals surface area (Å²) < 4.78 is 18.4. The zero-order valence-corrected chi connectivity index (χ0v) is 17.5. The maximum atomic E-state index is 6.22. The van der Waals surface area contributed by atoms with Crippen LogP contribution in [0.2, 0.25) is 0 Å². The van der Waals surface area contributed by atoms with Gasteiger partial charge in [0.25, 0.3) is 0 Å². The first kappa shape index (κ1) is 21.3. The summed E-state index contributed by atoms with van der Waals surface area (Å²) in [4.78, 5) is 3.33. The van der Waals surface area contributed by atoms with Gasteiger partial charge in [-0.1, -0.05) is 39.0 Å². The van der Waals surface area contributed by atoms with Gasteiger partial charge in [-0.2, -0.15) is 0 Å². The zero-order valence-electron chi connectivity index (χ0n) is 17.5. The molecule has 156 valence electrons. The van der Waals surface area contributed by atoms with Crippen LogP contribution in [0, 0.1) is 17.8 Å². The van der Waals surface area contributed by atoms with E-state index in [4.69, 9.17) is 19.9 Å². The third kappa shape index (κ3) is 5.15. The van der Waals surface area contributed by atoms with Crippen molar-refractivity contribution in [2.24, 2.45) is 23.5 Å². The first-order valence-corrected chi connectivity index (χ1v) is 10.8. The lowest BCUT2D eigenvalue weighted by Crippen LogP contribution is -2.47. The summed E-state index contributed by atoms with van der Waals surface area (Å²) in [5.74, 6) is 1.19. The lowest BCUT2D eigenvalue weighted by molar-refractivity contribution is -0.314. The van der Waals surface area contributed by atoms with Crippen LogP contribution >= 0.6 is 0 Å². The molecule has 0 saturated carbocycles. The van der Waals surface area contributed by atoms with Crippen molar-refractivity contribution in [3.63, 3.8) is 0 Å². The van der Waals surface area contributed by atoms with E-state index in [1.54, 1.807) is 0 Å². The first-order chi connectivity index (χ1) is 13.6. The Morgan fingerprint density at radius 1 is 0.929 bits per heavy atom. The largest absolute Gasteiger partial charge is 0.361 e. The second-order valence-corrected chi connectivity index (χ2v) is 8.15. The van der Waals surface area contributed by atoms with Crippen LogP contribution in [0.3, 0.4) is 0 Å². The topological polar surface area (TPSA) is 69.5 Å². The Bertz CT molecular complexity index is 717. The third-order valence-corrected chi connectivity index (χ3v) is 6.24. The number of fused-ring (bicyclic) bond motifs is 1. The predicted molar refractivity (Wildman–Crippen MR) is 113 cm³/mol. The van der Waals surface area contributed by atoms with E-state index in [1.165, 1.54) is 16.5 Å². The fourth-order valence-corrected chi connectivity index (χ4v) is 3.98. The molecule has 5 nitrogen and oxygen atoms in total. The van der Waals surface area contributed by atoms with Gasteiger partial charge in [0, 0.05) is 35.5 Å².